The van der Waals surface area contributed by atoms with Crippen molar-refractivity contribution >= 4 is 17.3 Å². The summed E-state index contributed by atoms with van der Waals surface area (Å²) in [4.78, 5) is 10.8. The van der Waals surface area contributed by atoms with Crippen molar-refractivity contribution in [3.05, 3.63) is 42.2 Å². The first-order chi connectivity index (χ1) is 11.8. The topological polar surface area (TPSA) is 86.1 Å². The van der Waals surface area contributed by atoms with Gasteiger partial charge in [-0.05, 0) is 12.1 Å². The highest BCUT2D eigenvalue weighted by Gasteiger charge is 2.09. The molecule has 2 heterocycles. The zero-order valence-corrected chi connectivity index (χ0v) is 13.4. The quantitative estimate of drug-likeness (QED) is 0.838. The molecule has 0 radical (unpaired) electrons. The van der Waals surface area contributed by atoms with Crippen molar-refractivity contribution in [3.63, 3.8) is 0 Å². The first kappa shape index (κ1) is 16.2. The van der Waals surface area contributed by atoms with Crippen molar-refractivity contribution in [2.24, 2.45) is 0 Å². The standard InChI is InChI=1S/C17H20N6O/c18-12-14-3-1-2-4-15(14)22-17-11-16(20-13-21-17)19-5-6-23-7-9-24-10-8-23/h1-4,11,13H,5-10H2,(H2,19,20,21,22). The van der Waals surface area contributed by atoms with Gasteiger partial charge in [0, 0.05) is 32.2 Å². The molecule has 24 heavy (non-hydrogen) atoms. The summed E-state index contributed by atoms with van der Waals surface area (Å²) in [6, 6.07) is 11.3. The molecule has 0 atom stereocenters. The van der Waals surface area contributed by atoms with E-state index in [4.69, 9.17) is 10.00 Å². The molecule has 2 aromatic rings. The molecule has 0 bridgehead atoms. The molecule has 3 rings (SSSR count). The molecule has 0 spiro atoms. The van der Waals surface area contributed by atoms with E-state index in [0.29, 0.717) is 11.4 Å². The van der Waals surface area contributed by atoms with Gasteiger partial charge in [0.15, 0.2) is 0 Å². The summed E-state index contributed by atoms with van der Waals surface area (Å²) >= 11 is 0. The highest BCUT2D eigenvalue weighted by molar-refractivity contribution is 5.65. The molecule has 1 fully saturated rings. The van der Waals surface area contributed by atoms with Crippen LogP contribution in [0.5, 0.6) is 0 Å². The molecule has 2 N–H and O–H groups in total. The minimum absolute atomic E-state index is 0.581. The molecule has 1 aliphatic heterocycles. The number of nitriles is 1. The fourth-order valence-corrected chi connectivity index (χ4v) is 2.52. The Morgan fingerprint density at radius 1 is 1.17 bits per heavy atom. The highest BCUT2D eigenvalue weighted by Crippen LogP contribution is 2.19. The number of para-hydroxylation sites is 1. The van der Waals surface area contributed by atoms with Crippen LogP contribution in [0.3, 0.4) is 0 Å². The van der Waals surface area contributed by atoms with E-state index in [0.717, 1.165) is 50.9 Å². The zero-order chi connectivity index (χ0) is 16.6. The van der Waals surface area contributed by atoms with Gasteiger partial charge in [0.2, 0.25) is 0 Å². The lowest BCUT2D eigenvalue weighted by Gasteiger charge is -2.26. The molecular weight excluding hydrogens is 304 g/mol. The number of hydrogen-bond acceptors (Lipinski definition) is 7. The number of rotatable bonds is 6. The average molecular weight is 324 g/mol. The minimum atomic E-state index is 0.581. The first-order valence-electron chi connectivity index (χ1n) is 7.97. The number of nitrogens with zero attached hydrogens (tertiary/aromatic N) is 4. The van der Waals surface area contributed by atoms with Crippen LogP contribution in [-0.4, -0.2) is 54.3 Å². The van der Waals surface area contributed by atoms with Crippen LogP contribution in [0.4, 0.5) is 17.3 Å². The van der Waals surface area contributed by atoms with Crippen LogP contribution in [-0.2, 0) is 4.74 Å². The normalized spacial score (nSPS) is 14.8. The van der Waals surface area contributed by atoms with Crippen LogP contribution in [0, 0.1) is 11.3 Å². The Morgan fingerprint density at radius 2 is 1.96 bits per heavy atom. The second-order valence-corrected chi connectivity index (χ2v) is 5.45. The van der Waals surface area contributed by atoms with Gasteiger partial charge in [-0.2, -0.15) is 5.26 Å². The van der Waals surface area contributed by atoms with E-state index in [-0.39, 0.29) is 0 Å². The van der Waals surface area contributed by atoms with Crippen LogP contribution < -0.4 is 10.6 Å². The van der Waals surface area contributed by atoms with Gasteiger partial charge in [-0.15, -0.1) is 0 Å². The third-order valence-electron chi connectivity index (χ3n) is 3.82. The lowest BCUT2D eigenvalue weighted by molar-refractivity contribution is 0.0398. The summed E-state index contributed by atoms with van der Waals surface area (Å²) in [6.45, 7) is 5.32. The number of hydrogen-bond donors (Lipinski definition) is 2. The summed E-state index contributed by atoms with van der Waals surface area (Å²) in [7, 11) is 0. The maximum atomic E-state index is 9.14. The Hall–Kier alpha value is -2.69. The van der Waals surface area contributed by atoms with E-state index in [1.165, 1.54) is 6.33 Å². The van der Waals surface area contributed by atoms with Gasteiger partial charge in [-0.25, -0.2) is 9.97 Å². The molecule has 0 aliphatic carbocycles. The van der Waals surface area contributed by atoms with Gasteiger partial charge in [0.25, 0.3) is 0 Å². The van der Waals surface area contributed by atoms with E-state index in [9.17, 15) is 0 Å². The van der Waals surface area contributed by atoms with Gasteiger partial charge in [0.1, 0.15) is 24.0 Å². The second-order valence-electron chi connectivity index (χ2n) is 5.45. The van der Waals surface area contributed by atoms with Gasteiger partial charge in [-0.3, -0.25) is 4.90 Å². The molecule has 1 aromatic heterocycles. The van der Waals surface area contributed by atoms with E-state index in [1.807, 2.05) is 24.3 Å². The molecule has 1 aromatic carbocycles. The molecule has 0 unspecified atom stereocenters. The van der Waals surface area contributed by atoms with Crippen LogP contribution >= 0.6 is 0 Å². The number of ether oxygens (including phenoxy) is 1. The summed E-state index contributed by atoms with van der Waals surface area (Å²) in [5.74, 6) is 1.41. The van der Waals surface area contributed by atoms with Gasteiger partial charge < -0.3 is 15.4 Å². The third kappa shape index (κ3) is 4.41. The van der Waals surface area contributed by atoms with E-state index in [1.54, 1.807) is 6.07 Å². The second kappa shape index (κ2) is 8.24. The first-order valence-corrected chi connectivity index (χ1v) is 7.97. The summed E-state index contributed by atoms with van der Waals surface area (Å²) < 4.78 is 5.34. The largest absolute Gasteiger partial charge is 0.379 e. The third-order valence-corrected chi connectivity index (χ3v) is 3.82. The molecule has 124 valence electrons. The smallest absolute Gasteiger partial charge is 0.135 e. The Kier molecular flexibility index (Phi) is 5.56. The van der Waals surface area contributed by atoms with Crippen LogP contribution in [0.15, 0.2) is 36.7 Å². The van der Waals surface area contributed by atoms with Crippen molar-refractivity contribution in [2.75, 3.05) is 50.0 Å². The van der Waals surface area contributed by atoms with Gasteiger partial charge >= 0.3 is 0 Å². The highest BCUT2D eigenvalue weighted by atomic mass is 16.5. The van der Waals surface area contributed by atoms with Crippen molar-refractivity contribution in [1.82, 2.24) is 14.9 Å². The zero-order valence-electron chi connectivity index (χ0n) is 13.4. The monoisotopic (exact) mass is 324 g/mol. The molecule has 1 saturated heterocycles. The van der Waals surface area contributed by atoms with Crippen molar-refractivity contribution in [2.45, 2.75) is 0 Å². The lowest BCUT2D eigenvalue weighted by atomic mass is 10.2. The van der Waals surface area contributed by atoms with Crippen LogP contribution in [0.25, 0.3) is 0 Å². The fourth-order valence-electron chi connectivity index (χ4n) is 2.52. The van der Waals surface area contributed by atoms with Gasteiger partial charge in [-0.1, -0.05) is 12.1 Å². The predicted octanol–water partition coefficient (Wildman–Crippen LogP) is 1.84. The minimum Gasteiger partial charge on any atom is -0.379 e. The number of anilines is 3. The molecule has 1 aliphatic rings. The van der Waals surface area contributed by atoms with Crippen LogP contribution in [0.1, 0.15) is 5.56 Å². The number of benzene rings is 1. The van der Waals surface area contributed by atoms with E-state index < -0.39 is 0 Å². The summed E-state index contributed by atoms with van der Waals surface area (Å²) in [5.41, 5.74) is 1.32. The Morgan fingerprint density at radius 3 is 2.79 bits per heavy atom. The predicted molar refractivity (Wildman–Crippen MR) is 92.2 cm³/mol. The van der Waals surface area contributed by atoms with Crippen molar-refractivity contribution in [1.29, 1.82) is 5.26 Å². The van der Waals surface area contributed by atoms with Crippen molar-refractivity contribution < 1.29 is 4.74 Å². The SMILES string of the molecule is N#Cc1ccccc1Nc1cc(NCCN2CCOCC2)ncn1. The Labute approximate surface area is 141 Å². The van der Waals surface area contributed by atoms with Crippen molar-refractivity contribution in [3.8, 4) is 6.07 Å². The Balaban J connectivity index is 1.56. The van der Waals surface area contributed by atoms with E-state index in [2.05, 4.69) is 31.6 Å². The maximum Gasteiger partial charge on any atom is 0.135 e. The van der Waals surface area contributed by atoms with E-state index >= 15 is 0 Å². The lowest BCUT2D eigenvalue weighted by Crippen LogP contribution is -2.39. The van der Waals surface area contributed by atoms with Crippen LogP contribution in [0.2, 0.25) is 0 Å². The number of aromatic nitrogens is 2. The summed E-state index contributed by atoms with van der Waals surface area (Å²) in [5, 5.41) is 15.6. The average Bonchev–Trinajstić information content (AvgIpc) is 2.63. The summed E-state index contributed by atoms with van der Waals surface area (Å²) in [6.07, 6.45) is 1.51. The molecule has 0 saturated carbocycles. The molecule has 0 amide bonds. The number of morpholine rings is 1. The number of nitrogens with one attached hydrogen (secondary N) is 2. The molecular formula is C17H20N6O. The fraction of sp³-hybridized carbons (Fsp3) is 0.353. The Bertz CT molecular complexity index is 708. The molecule has 7 nitrogen and oxygen atoms in total. The maximum absolute atomic E-state index is 9.14. The van der Waals surface area contributed by atoms with Gasteiger partial charge in [0.05, 0.1) is 24.5 Å². The molecule has 7 heteroatoms.